The normalized spacial score (nSPS) is 21.8. The maximum absolute atomic E-state index is 10.2. The Hall–Kier alpha value is -2.94. The van der Waals surface area contributed by atoms with Crippen molar-refractivity contribution in [3.05, 3.63) is 36.8 Å². The molecule has 11 heteroatoms. The van der Waals surface area contributed by atoms with Crippen LogP contribution in [0.4, 0.5) is 5.95 Å². The first-order chi connectivity index (χ1) is 15.2. The van der Waals surface area contributed by atoms with Crippen LogP contribution in [0.1, 0.15) is 32.6 Å². The molecule has 3 N–H and O–H groups in total. The Labute approximate surface area is 189 Å². The zero-order valence-electron chi connectivity index (χ0n) is 19.0. The number of H-pyrrole nitrogens is 1. The lowest BCUT2D eigenvalue weighted by atomic mass is 9.52. The molecule has 4 heterocycles. The van der Waals surface area contributed by atoms with Gasteiger partial charge in [0.2, 0.25) is 11.8 Å². The predicted octanol–water partition coefficient (Wildman–Crippen LogP) is 0.267. The summed E-state index contributed by atoms with van der Waals surface area (Å²) in [5.41, 5.74) is 3.20. The molecule has 1 aliphatic carbocycles. The van der Waals surface area contributed by atoms with Gasteiger partial charge in [0.1, 0.15) is 29.2 Å². The summed E-state index contributed by atoms with van der Waals surface area (Å²) in [4.78, 5) is 12.9. The summed E-state index contributed by atoms with van der Waals surface area (Å²) in [5.74, 6) is 1.10. The third-order valence-electron chi connectivity index (χ3n) is 6.01. The zero-order chi connectivity index (χ0) is 22.5. The van der Waals surface area contributed by atoms with E-state index in [9.17, 15) is 5.11 Å². The van der Waals surface area contributed by atoms with Crippen LogP contribution in [-0.2, 0) is 0 Å². The summed E-state index contributed by atoms with van der Waals surface area (Å²) in [7, 11) is 6.05. The van der Waals surface area contributed by atoms with E-state index in [0.717, 1.165) is 53.4 Å². The highest BCUT2D eigenvalue weighted by Gasteiger charge is 2.29. The van der Waals surface area contributed by atoms with E-state index in [-0.39, 0.29) is 6.04 Å². The Kier molecular flexibility index (Phi) is 4.96. The molecule has 1 aliphatic rings. The summed E-state index contributed by atoms with van der Waals surface area (Å²) >= 11 is 0. The number of hydrogen-bond acceptors (Lipinski definition) is 6. The number of aromatic nitrogens is 5. The van der Waals surface area contributed by atoms with Gasteiger partial charge in [-0.25, -0.2) is 4.52 Å². The number of aliphatic hydroxyl groups is 1. The molecular formula is C21H27B3N6O2. The molecule has 0 atom stereocenters. The predicted molar refractivity (Wildman–Crippen MR) is 134 cm³/mol. The van der Waals surface area contributed by atoms with E-state index < -0.39 is 10.9 Å². The van der Waals surface area contributed by atoms with E-state index in [1.54, 1.807) is 6.20 Å². The van der Waals surface area contributed by atoms with Crippen LogP contribution >= 0.6 is 0 Å². The van der Waals surface area contributed by atoms with E-state index in [0.29, 0.717) is 11.8 Å². The lowest BCUT2D eigenvalue weighted by molar-refractivity contribution is 0.0195. The van der Waals surface area contributed by atoms with Gasteiger partial charge in [-0.3, -0.25) is 0 Å². The quantitative estimate of drug-likeness (QED) is 0.395. The zero-order valence-corrected chi connectivity index (χ0v) is 19.0. The van der Waals surface area contributed by atoms with Gasteiger partial charge in [0, 0.05) is 35.5 Å². The molecule has 32 heavy (non-hydrogen) atoms. The SMILES string of the molecule is BC(B)(B)Oc1nc(N[C@H]2CC[C@@](C)(O)CC2)nc2[nH]cc(-c3ccn4nccc4c3)c12. The van der Waals surface area contributed by atoms with Crippen LogP contribution in [0.25, 0.3) is 27.7 Å². The summed E-state index contributed by atoms with van der Waals surface area (Å²) < 4.78 is 8.14. The second-order valence-corrected chi connectivity index (χ2v) is 10.0. The monoisotopic (exact) mass is 428 g/mol. The van der Waals surface area contributed by atoms with Crippen LogP contribution in [0, 0.1) is 0 Å². The van der Waals surface area contributed by atoms with Crippen molar-refractivity contribution in [3.63, 3.8) is 0 Å². The minimum absolute atomic E-state index is 0.230. The molecule has 4 aromatic heterocycles. The lowest BCUT2D eigenvalue weighted by Crippen LogP contribution is -2.38. The fraction of sp³-hybridized carbons (Fsp3) is 0.381. The highest BCUT2D eigenvalue weighted by Crippen LogP contribution is 2.36. The van der Waals surface area contributed by atoms with Crippen LogP contribution < -0.4 is 10.1 Å². The molecule has 5 rings (SSSR count). The molecule has 0 amide bonds. The van der Waals surface area contributed by atoms with Crippen molar-refractivity contribution in [2.75, 3.05) is 5.32 Å². The van der Waals surface area contributed by atoms with E-state index in [1.807, 2.05) is 59.5 Å². The Morgan fingerprint density at radius 2 is 2.03 bits per heavy atom. The van der Waals surface area contributed by atoms with Crippen LogP contribution in [0.2, 0.25) is 0 Å². The average molecular weight is 428 g/mol. The summed E-state index contributed by atoms with van der Waals surface area (Å²) in [5, 5.41) is 18.4. The van der Waals surface area contributed by atoms with Gasteiger partial charge in [-0.2, -0.15) is 15.1 Å². The van der Waals surface area contributed by atoms with Crippen LogP contribution in [0.5, 0.6) is 5.88 Å². The lowest BCUT2D eigenvalue weighted by Gasteiger charge is -2.33. The number of fused-ring (bicyclic) bond motifs is 2. The molecule has 0 aromatic carbocycles. The van der Waals surface area contributed by atoms with Gasteiger partial charge in [-0.05, 0) is 56.4 Å². The average Bonchev–Trinajstić information content (AvgIpc) is 3.34. The first kappa shape index (κ1) is 20.9. The Morgan fingerprint density at radius 1 is 1.25 bits per heavy atom. The van der Waals surface area contributed by atoms with Crippen molar-refractivity contribution < 1.29 is 9.84 Å². The molecule has 4 aromatic rings. The minimum atomic E-state index is -0.575. The molecule has 0 spiro atoms. The Morgan fingerprint density at radius 3 is 2.78 bits per heavy atom. The topological polar surface area (TPSA) is 100 Å². The molecule has 0 aliphatic heterocycles. The molecule has 0 bridgehead atoms. The summed E-state index contributed by atoms with van der Waals surface area (Å²) in [6.07, 6.45) is 8.98. The van der Waals surface area contributed by atoms with E-state index in [2.05, 4.69) is 21.5 Å². The summed E-state index contributed by atoms with van der Waals surface area (Å²) in [6.45, 7) is 1.91. The number of rotatable bonds is 5. The number of nitrogens with one attached hydrogen (secondary N) is 2. The third kappa shape index (κ3) is 4.21. The van der Waals surface area contributed by atoms with Crippen molar-refractivity contribution in [2.45, 2.75) is 49.5 Å². The van der Waals surface area contributed by atoms with Gasteiger partial charge in [-0.1, -0.05) is 0 Å². The molecule has 0 radical (unpaired) electrons. The molecule has 1 saturated carbocycles. The second-order valence-electron chi connectivity index (χ2n) is 10.0. The number of pyridine rings is 1. The highest BCUT2D eigenvalue weighted by molar-refractivity contribution is 6.58. The maximum Gasteiger partial charge on any atom is 0.228 e. The molecule has 162 valence electrons. The van der Waals surface area contributed by atoms with E-state index >= 15 is 0 Å². The van der Waals surface area contributed by atoms with Crippen molar-refractivity contribution in [3.8, 4) is 17.0 Å². The largest absolute Gasteiger partial charge is 0.498 e. The maximum atomic E-state index is 10.2. The van der Waals surface area contributed by atoms with Gasteiger partial charge >= 0.3 is 0 Å². The fourth-order valence-electron chi connectivity index (χ4n) is 4.31. The molecular weight excluding hydrogens is 401 g/mol. The van der Waals surface area contributed by atoms with Crippen LogP contribution in [0.3, 0.4) is 0 Å². The summed E-state index contributed by atoms with van der Waals surface area (Å²) in [6, 6.07) is 6.33. The van der Waals surface area contributed by atoms with Gasteiger partial charge in [0.05, 0.1) is 16.5 Å². The van der Waals surface area contributed by atoms with E-state index in [4.69, 9.17) is 14.7 Å². The number of ether oxygens (including phenoxy) is 1. The fourth-order valence-corrected chi connectivity index (χ4v) is 4.31. The second kappa shape index (κ2) is 7.58. The smallest absolute Gasteiger partial charge is 0.228 e. The Balaban J connectivity index is 1.54. The first-order valence-electron chi connectivity index (χ1n) is 11.2. The van der Waals surface area contributed by atoms with Crippen molar-refractivity contribution in [1.82, 2.24) is 24.6 Å². The van der Waals surface area contributed by atoms with Gasteiger partial charge in [0.15, 0.2) is 0 Å². The number of nitrogens with zero attached hydrogens (tertiary/aromatic N) is 4. The third-order valence-corrected chi connectivity index (χ3v) is 6.01. The van der Waals surface area contributed by atoms with Gasteiger partial charge < -0.3 is 20.1 Å². The van der Waals surface area contributed by atoms with Gasteiger partial charge in [0.25, 0.3) is 0 Å². The first-order valence-corrected chi connectivity index (χ1v) is 11.2. The molecule has 0 saturated heterocycles. The van der Waals surface area contributed by atoms with Crippen LogP contribution in [0.15, 0.2) is 36.8 Å². The number of anilines is 1. The van der Waals surface area contributed by atoms with Crippen LogP contribution in [-0.4, -0.2) is 70.2 Å². The Bertz CT molecular complexity index is 1270. The number of hydrogen-bond donors (Lipinski definition) is 3. The molecule has 8 nitrogen and oxygen atoms in total. The minimum Gasteiger partial charge on any atom is -0.498 e. The van der Waals surface area contributed by atoms with Crippen molar-refractivity contribution >= 4 is 46.0 Å². The van der Waals surface area contributed by atoms with Crippen molar-refractivity contribution in [1.29, 1.82) is 0 Å². The standard InChI is InChI=1S/C21H27B3N6O2/c1-20(31)6-2-13(3-7-20)27-19-28-17-16(18(29-19)32-21(22,23)24)15(11-25-17)12-5-9-30-14(10-12)4-8-26-30/h4-5,8-11,13,31H,2-3,6-7,22-24H2,1H3,(H2,25,27,28,29)/t13-,20+. The van der Waals surface area contributed by atoms with Crippen molar-refractivity contribution in [2.24, 2.45) is 0 Å². The molecule has 0 unspecified atom stereocenters. The van der Waals surface area contributed by atoms with Gasteiger partial charge in [-0.15, -0.1) is 0 Å². The number of aromatic amines is 1. The van der Waals surface area contributed by atoms with E-state index in [1.165, 1.54) is 0 Å². The highest BCUT2D eigenvalue weighted by atomic mass is 16.5. The molecule has 1 fully saturated rings.